The molecule has 1 aromatic carbocycles. The van der Waals surface area contributed by atoms with Crippen LogP contribution in [0.3, 0.4) is 0 Å². The highest BCUT2D eigenvalue weighted by Gasteiger charge is 2.23. The van der Waals surface area contributed by atoms with Crippen molar-refractivity contribution in [3.63, 3.8) is 0 Å². The molecule has 0 spiro atoms. The number of aliphatic carboxylic acids is 1. The van der Waals surface area contributed by atoms with Gasteiger partial charge in [0.05, 0.1) is 5.92 Å². The van der Waals surface area contributed by atoms with Crippen molar-refractivity contribution in [1.29, 1.82) is 0 Å². The van der Waals surface area contributed by atoms with Gasteiger partial charge >= 0.3 is 5.97 Å². The predicted octanol–water partition coefficient (Wildman–Crippen LogP) is 3.54. The molecule has 0 aliphatic carbocycles. The Morgan fingerprint density at radius 2 is 1.87 bits per heavy atom. The Morgan fingerprint density at radius 3 is 2.27 bits per heavy atom. The summed E-state index contributed by atoms with van der Waals surface area (Å²) in [5.74, 6) is -0.903. The molecule has 0 aliphatic rings. The van der Waals surface area contributed by atoms with Crippen molar-refractivity contribution in [3.05, 3.63) is 35.9 Å². The van der Waals surface area contributed by atoms with Crippen molar-refractivity contribution >= 4 is 5.97 Å². The van der Waals surface area contributed by atoms with E-state index in [4.69, 9.17) is 5.11 Å². The van der Waals surface area contributed by atoms with Crippen molar-refractivity contribution in [1.82, 2.24) is 0 Å². The first-order chi connectivity index (χ1) is 6.66. The van der Waals surface area contributed by atoms with Crippen molar-refractivity contribution in [2.45, 2.75) is 33.6 Å². The van der Waals surface area contributed by atoms with Crippen LogP contribution in [0.15, 0.2) is 30.3 Å². The number of benzene rings is 1. The average molecular weight is 208 g/mol. The Hall–Kier alpha value is -1.31. The first kappa shape index (κ1) is 13.7. The van der Waals surface area contributed by atoms with E-state index in [9.17, 15) is 4.79 Å². The fraction of sp³-hybridized carbons (Fsp3) is 0.462. The summed E-state index contributed by atoms with van der Waals surface area (Å²) < 4.78 is 0. The molecule has 2 nitrogen and oxygen atoms in total. The minimum Gasteiger partial charge on any atom is -0.481 e. The lowest BCUT2D eigenvalue weighted by Crippen LogP contribution is -2.19. The van der Waals surface area contributed by atoms with Gasteiger partial charge in [0, 0.05) is 0 Å². The van der Waals surface area contributed by atoms with E-state index >= 15 is 0 Å². The highest BCUT2D eigenvalue weighted by atomic mass is 16.4. The lowest BCUT2D eigenvalue weighted by atomic mass is 9.86. The molecular formula is C13H20O2. The van der Waals surface area contributed by atoms with Crippen LogP contribution in [0.4, 0.5) is 0 Å². The molecule has 0 saturated heterocycles. The zero-order valence-electron chi connectivity index (χ0n) is 8.60. The van der Waals surface area contributed by atoms with Gasteiger partial charge in [-0.2, -0.15) is 0 Å². The van der Waals surface area contributed by atoms with Crippen molar-refractivity contribution in [2.24, 2.45) is 5.92 Å². The molecule has 0 fully saturated rings. The monoisotopic (exact) mass is 208 g/mol. The van der Waals surface area contributed by atoms with Crippen LogP contribution in [0.25, 0.3) is 0 Å². The van der Waals surface area contributed by atoms with Crippen LogP contribution in [-0.2, 0) is 4.79 Å². The SMILES string of the molecule is C.CCC(C(=O)O)C(C)c1ccccc1. The van der Waals surface area contributed by atoms with Crippen LogP contribution in [0.2, 0.25) is 0 Å². The fourth-order valence-electron chi connectivity index (χ4n) is 1.73. The van der Waals surface area contributed by atoms with E-state index in [0.717, 1.165) is 5.56 Å². The molecule has 84 valence electrons. The molecule has 0 saturated carbocycles. The lowest BCUT2D eigenvalue weighted by molar-refractivity contribution is -0.142. The van der Waals surface area contributed by atoms with E-state index in [1.807, 2.05) is 44.2 Å². The molecule has 2 atom stereocenters. The summed E-state index contributed by atoms with van der Waals surface area (Å²) in [7, 11) is 0. The Balaban J connectivity index is 0.00000196. The van der Waals surface area contributed by atoms with Crippen LogP contribution in [-0.4, -0.2) is 11.1 Å². The standard InChI is InChI=1S/C12H16O2.CH4/c1-3-11(12(13)14)9(2)10-7-5-4-6-8-10;/h4-9,11H,3H2,1-2H3,(H,13,14);1H4. The van der Waals surface area contributed by atoms with Gasteiger partial charge in [-0.25, -0.2) is 0 Å². The number of carboxylic acid groups (broad SMARTS) is 1. The fourth-order valence-corrected chi connectivity index (χ4v) is 1.73. The third-order valence-corrected chi connectivity index (χ3v) is 2.69. The molecular weight excluding hydrogens is 188 g/mol. The van der Waals surface area contributed by atoms with Gasteiger partial charge in [0.25, 0.3) is 0 Å². The van der Waals surface area contributed by atoms with Crippen molar-refractivity contribution in [2.75, 3.05) is 0 Å². The smallest absolute Gasteiger partial charge is 0.307 e. The van der Waals surface area contributed by atoms with Crippen molar-refractivity contribution in [3.8, 4) is 0 Å². The van der Waals surface area contributed by atoms with E-state index in [-0.39, 0.29) is 19.3 Å². The summed E-state index contributed by atoms with van der Waals surface area (Å²) in [5.41, 5.74) is 1.10. The number of carbonyl (C=O) groups is 1. The highest BCUT2D eigenvalue weighted by Crippen LogP contribution is 2.26. The van der Waals surface area contributed by atoms with Gasteiger partial charge in [0.15, 0.2) is 0 Å². The summed E-state index contributed by atoms with van der Waals surface area (Å²) in [6.45, 7) is 3.88. The minimum atomic E-state index is -0.705. The van der Waals surface area contributed by atoms with Gasteiger partial charge in [-0.15, -0.1) is 0 Å². The van der Waals surface area contributed by atoms with E-state index in [2.05, 4.69) is 0 Å². The number of carboxylic acids is 1. The number of hydrogen-bond acceptors (Lipinski definition) is 1. The maximum atomic E-state index is 10.9. The van der Waals surface area contributed by atoms with Crippen LogP contribution < -0.4 is 0 Å². The molecule has 2 heteroatoms. The average Bonchev–Trinajstić information content (AvgIpc) is 2.19. The Morgan fingerprint density at radius 1 is 1.33 bits per heavy atom. The molecule has 1 aromatic rings. The largest absolute Gasteiger partial charge is 0.481 e. The molecule has 0 heterocycles. The molecule has 2 unspecified atom stereocenters. The van der Waals surface area contributed by atoms with Crippen LogP contribution in [0, 0.1) is 5.92 Å². The maximum absolute atomic E-state index is 10.9. The van der Waals surface area contributed by atoms with Gasteiger partial charge in [-0.05, 0) is 17.9 Å². The molecule has 0 aliphatic heterocycles. The predicted molar refractivity (Wildman–Crippen MR) is 63.0 cm³/mol. The zero-order chi connectivity index (χ0) is 10.6. The molecule has 1 N–H and O–H groups in total. The van der Waals surface area contributed by atoms with Gasteiger partial charge in [0.2, 0.25) is 0 Å². The van der Waals surface area contributed by atoms with Crippen LogP contribution in [0.1, 0.15) is 39.2 Å². The molecule has 15 heavy (non-hydrogen) atoms. The van der Waals surface area contributed by atoms with E-state index in [0.29, 0.717) is 6.42 Å². The highest BCUT2D eigenvalue weighted by molar-refractivity contribution is 5.71. The number of rotatable bonds is 4. The third-order valence-electron chi connectivity index (χ3n) is 2.69. The Bertz CT molecular complexity index is 293. The van der Waals surface area contributed by atoms with Gasteiger partial charge in [0.1, 0.15) is 0 Å². The second-order valence-electron chi connectivity index (χ2n) is 3.55. The zero-order valence-corrected chi connectivity index (χ0v) is 8.60. The van der Waals surface area contributed by atoms with E-state index in [1.165, 1.54) is 0 Å². The molecule has 0 aromatic heterocycles. The van der Waals surface area contributed by atoms with Gasteiger partial charge in [-0.1, -0.05) is 51.6 Å². The second-order valence-corrected chi connectivity index (χ2v) is 3.55. The van der Waals surface area contributed by atoms with E-state index < -0.39 is 5.97 Å². The summed E-state index contributed by atoms with van der Waals surface area (Å²) in [6, 6.07) is 9.80. The summed E-state index contributed by atoms with van der Waals surface area (Å²) in [6.07, 6.45) is 0.672. The summed E-state index contributed by atoms with van der Waals surface area (Å²) in [5, 5.41) is 9.00. The topological polar surface area (TPSA) is 37.3 Å². The van der Waals surface area contributed by atoms with Crippen molar-refractivity contribution < 1.29 is 9.90 Å². The normalized spacial score (nSPS) is 13.7. The number of hydrogen-bond donors (Lipinski definition) is 1. The Kier molecular flexibility index (Phi) is 5.68. The molecule has 0 radical (unpaired) electrons. The van der Waals surface area contributed by atoms with E-state index in [1.54, 1.807) is 0 Å². The summed E-state index contributed by atoms with van der Waals surface area (Å²) in [4.78, 5) is 10.9. The first-order valence-corrected chi connectivity index (χ1v) is 4.94. The second kappa shape index (κ2) is 6.23. The minimum absolute atomic E-state index is 0. The molecule has 1 rings (SSSR count). The van der Waals surface area contributed by atoms with Gasteiger partial charge < -0.3 is 5.11 Å². The van der Waals surface area contributed by atoms with Crippen LogP contribution >= 0.6 is 0 Å². The molecule has 0 amide bonds. The third kappa shape index (κ3) is 3.39. The molecule has 0 bridgehead atoms. The van der Waals surface area contributed by atoms with Gasteiger partial charge in [-0.3, -0.25) is 4.79 Å². The lowest BCUT2D eigenvalue weighted by Gasteiger charge is -2.18. The quantitative estimate of drug-likeness (QED) is 0.821. The van der Waals surface area contributed by atoms with Crippen LogP contribution in [0.5, 0.6) is 0 Å². The maximum Gasteiger partial charge on any atom is 0.307 e. The summed E-state index contributed by atoms with van der Waals surface area (Å²) >= 11 is 0. The first-order valence-electron chi connectivity index (χ1n) is 4.94. The Labute approximate surface area is 91.9 Å².